The van der Waals surface area contributed by atoms with Crippen molar-refractivity contribution in [2.45, 2.75) is 45.8 Å². The first kappa shape index (κ1) is 26.9. The van der Waals surface area contributed by atoms with Crippen LogP contribution in [0.25, 0.3) is 0 Å². The number of pyridine rings is 1. The van der Waals surface area contributed by atoms with E-state index in [1.165, 1.54) is 0 Å². The zero-order chi connectivity index (χ0) is 25.4. The quantitative estimate of drug-likeness (QED) is 0.580. The summed E-state index contributed by atoms with van der Waals surface area (Å²) in [5.74, 6) is 6.05. The highest BCUT2D eigenvalue weighted by Gasteiger charge is 2.34. The fourth-order valence-electron chi connectivity index (χ4n) is 4.12. The van der Waals surface area contributed by atoms with Crippen molar-refractivity contribution in [1.82, 2.24) is 19.7 Å². The molecule has 1 N–H and O–H groups in total. The summed E-state index contributed by atoms with van der Waals surface area (Å²) < 4.78 is 11.6. The lowest BCUT2D eigenvalue weighted by atomic mass is 10.00. The fraction of sp³-hybridized carbons (Fsp3) is 0.654. The first-order valence-electron chi connectivity index (χ1n) is 12.5. The van der Waals surface area contributed by atoms with Crippen LogP contribution in [0.4, 0.5) is 0 Å². The molecular weight excluding hydrogens is 448 g/mol. The summed E-state index contributed by atoms with van der Waals surface area (Å²) >= 11 is 0. The van der Waals surface area contributed by atoms with Crippen molar-refractivity contribution >= 4 is 11.8 Å². The molecule has 9 nitrogen and oxygen atoms in total. The van der Waals surface area contributed by atoms with Crippen LogP contribution < -0.4 is 4.74 Å². The van der Waals surface area contributed by atoms with Gasteiger partial charge in [-0.25, -0.2) is 4.98 Å². The third-order valence-corrected chi connectivity index (χ3v) is 6.47. The van der Waals surface area contributed by atoms with E-state index >= 15 is 0 Å². The van der Waals surface area contributed by atoms with Crippen molar-refractivity contribution in [3.8, 4) is 17.7 Å². The number of aliphatic hydroxyl groups excluding tert-OH is 1. The van der Waals surface area contributed by atoms with E-state index in [9.17, 15) is 14.7 Å². The number of morpholine rings is 1. The van der Waals surface area contributed by atoms with Gasteiger partial charge < -0.3 is 24.4 Å². The Morgan fingerprint density at radius 3 is 2.80 bits per heavy atom. The van der Waals surface area contributed by atoms with Crippen LogP contribution in [0.2, 0.25) is 0 Å². The summed E-state index contributed by atoms with van der Waals surface area (Å²) in [6, 6.07) is 1.34. The first-order valence-corrected chi connectivity index (χ1v) is 12.5. The van der Waals surface area contributed by atoms with Gasteiger partial charge in [-0.2, -0.15) is 0 Å². The van der Waals surface area contributed by atoms with Gasteiger partial charge in [0, 0.05) is 50.8 Å². The van der Waals surface area contributed by atoms with E-state index in [1.54, 1.807) is 29.1 Å². The molecule has 0 spiro atoms. The van der Waals surface area contributed by atoms with Crippen molar-refractivity contribution in [2.24, 2.45) is 5.92 Å². The molecule has 35 heavy (non-hydrogen) atoms. The van der Waals surface area contributed by atoms with Gasteiger partial charge in [0.15, 0.2) is 0 Å². The Bertz CT molecular complexity index is 937. The molecule has 0 aliphatic carbocycles. The smallest absolute Gasteiger partial charge is 0.259 e. The van der Waals surface area contributed by atoms with Gasteiger partial charge in [0.25, 0.3) is 5.91 Å². The van der Waals surface area contributed by atoms with Crippen LogP contribution >= 0.6 is 0 Å². The molecule has 2 amide bonds. The predicted octanol–water partition coefficient (Wildman–Crippen LogP) is 1.24. The van der Waals surface area contributed by atoms with E-state index in [1.807, 2.05) is 13.8 Å². The van der Waals surface area contributed by atoms with Gasteiger partial charge in [0.05, 0.1) is 39.0 Å². The SMILES string of the molecule is CCCC#Cc1cnc2c(c1)C(=O)N([C@@H](C)CO)C[C@H](C)[C@H](CN(C)C(=O)CN1CCOCC1)O2. The summed E-state index contributed by atoms with van der Waals surface area (Å²) in [6.07, 6.45) is 2.95. The summed E-state index contributed by atoms with van der Waals surface area (Å²) in [4.78, 5) is 36.2. The fourth-order valence-corrected chi connectivity index (χ4v) is 4.12. The highest BCUT2D eigenvalue weighted by Crippen LogP contribution is 2.27. The highest BCUT2D eigenvalue weighted by molar-refractivity contribution is 5.97. The van der Waals surface area contributed by atoms with E-state index in [0.29, 0.717) is 44.0 Å². The van der Waals surface area contributed by atoms with Crippen molar-refractivity contribution in [2.75, 3.05) is 59.6 Å². The average Bonchev–Trinajstić information content (AvgIpc) is 2.86. The molecule has 1 fully saturated rings. The Hall–Kier alpha value is -2.67. The molecule has 192 valence electrons. The predicted molar refractivity (Wildman–Crippen MR) is 132 cm³/mol. The maximum absolute atomic E-state index is 13.4. The maximum Gasteiger partial charge on any atom is 0.259 e. The Morgan fingerprint density at radius 1 is 1.37 bits per heavy atom. The molecule has 9 heteroatoms. The zero-order valence-corrected chi connectivity index (χ0v) is 21.3. The van der Waals surface area contributed by atoms with Crippen LogP contribution in [0.1, 0.15) is 49.5 Å². The minimum absolute atomic E-state index is 0.0103. The molecule has 2 aliphatic rings. The van der Waals surface area contributed by atoms with Crippen LogP contribution in [0.5, 0.6) is 5.88 Å². The lowest BCUT2D eigenvalue weighted by molar-refractivity contribution is -0.133. The average molecular weight is 487 g/mol. The van der Waals surface area contributed by atoms with Gasteiger partial charge in [-0.1, -0.05) is 25.7 Å². The van der Waals surface area contributed by atoms with Gasteiger partial charge in [-0.05, 0) is 19.4 Å². The molecule has 1 saturated heterocycles. The van der Waals surface area contributed by atoms with Crippen molar-refractivity contribution in [1.29, 1.82) is 0 Å². The largest absolute Gasteiger partial charge is 0.472 e. The standard InChI is InChI=1S/C26H38N4O5/c1-5-6-7-8-21-13-22-25(27-14-21)35-23(19(2)15-30(26(22)33)20(3)18-31)16-28(4)24(32)17-29-9-11-34-12-10-29/h13-14,19-20,23,31H,5-6,9-12,15-18H2,1-4H3/t19-,20-,23-/m0/s1. The van der Waals surface area contributed by atoms with E-state index in [2.05, 4.69) is 28.6 Å². The Morgan fingerprint density at radius 2 is 2.11 bits per heavy atom. The van der Waals surface area contributed by atoms with Gasteiger partial charge in [-0.3, -0.25) is 14.5 Å². The van der Waals surface area contributed by atoms with Crippen molar-refractivity contribution in [3.05, 3.63) is 23.4 Å². The third-order valence-electron chi connectivity index (χ3n) is 6.47. The number of unbranched alkanes of at least 4 members (excludes halogenated alkanes) is 1. The van der Waals surface area contributed by atoms with E-state index in [4.69, 9.17) is 9.47 Å². The van der Waals surface area contributed by atoms with Crippen molar-refractivity contribution < 1.29 is 24.2 Å². The minimum Gasteiger partial charge on any atom is -0.472 e. The number of hydrogen-bond acceptors (Lipinski definition) is 7. The van der Waals surface area contributed by atoms with E-state index in [-0.39, 0.29) is 42.4 Å². The number of aromatic nitrogens is 1. The molecule has 1 aromatic rings. The van der Waals surface area contributed by atoms with E-state index in [0.717, 1.165) is 25.9 Å². The number of aliphatic hydroxyl groups is 1. The lowest BCUT2D eigenvalue weighted by Crippen LogP contribution is -2.51. The second-order valence-electron chi connectivity index (χ2n) is 9.41. The van der Waals surface area contributed by atoms with Crippen molar-refractivity contribution in [3.63, 3.8) is 0 Å². The number of ether oxygens (including phenoxy) is 2. The normalized spacial score (nSPS) is 21.6. The number of nitrogens with zero attached hydrogens (tertiary/aromatic N) is 4. The Labute approximate surface area is 208 Å². The van der Waals surface area contributed by atoms with Crippen LogP contribution in [0.3, 0.4) is 0 Å². The summed E-state index contributed by atoms with van der Waals surface area (Å²) in [7, 11) is 1.78. The summed E-state index contributed by atoms with van der Waals surface area (Å²) in [5, 5.41) is 9.81. The van der Waals surface area contributed by atoms with Gasteiger partial charge in [0.2, 0.25) is 11.8 Å². The number of carbonyl (C=O) groups excluding carboxylic acids is 2. The molecule has 1 aromatic heterocycles. The molecule has 0 bridgehead atoms. The monoisotopic (exact) mass is 486 g/mol. The number of likely N-dealkylation sites (N-methyl/N-ethyl adjacent to an activating group) is 1. The first-order chi connectivity index (χ1) is 16.8. The number of rotatable bonds is 7. The minimum atomic E-state index is -0.376. The topological polar surface area (TPSA) is 95.4 Å². The Balaban J connectivity index is 1.83. The van der Waals surface area contributed by atoms with Gasteiger partial charge >= 0.3 is 0 Å². The lowest BCUT2D eigenvalue weighted by Gasteiger charge is -2.38. The third kappa shape index (κ3) is 7.17. The summed E-state index contributed by atoms with van der Waals surface area (Å²) in [6.45, 7) is 9.56. The number of carbonyl (C=O) groups is 2. The molecule has 3 atom stereocenters. The van der Waals surface area contributed by atoms with E-state index < -0.39 is 0 Å². The second-order valence-corrected chi connectivity index (χ2v) is 9.41. The van der Waals surface area contributed by atoms with Gasteiger partial charge in [-0.15, -0.1) is 0 Å². The second kappa shape index (κ2) is 12.9. The van der Waals surface area contributed by atoms with Gasteiger partial charge in [0.1, 0.15) is 11.7 Å². The molecule has 2 aliphatic heterocycles. The van der Waals surface area contributed by atoms with Crippen LogP contribution in [0.15, 0.2) is 12.3 Å². The number of hydrogen-bond donors (Lipinski definition) is 1. The van der Waals surface area contributed by atoms with Crippen LogP contribution in [-0.4, -0.2) is 108 Å². The maximum atomic E-state index is 13.4. The summed E-state index contributed by atoms with van der Waals surface area (Å²) in [5.41, 5.74) is 0.974. The molecule has 0 radical (unpaired) electrons. The van der Waals surface area contributed by atoms with Crippen LogP contribution in [-0.2, 0) is 9.53 Å². The molecular formula is C26H38N4O5. The number of fused-ring (bicyclic) bond motifs is 1. The Kier molecular flexibility index (Phi) is 9.90. The molecule has 0 unspecified atom stereocenters. The molecule has 3 rings (SSSR count). The number of amides is 2. The molecule has 0 aromatic carbocycles. The van der Waals surface area contributed by atoms with Crippen LogP contribution in [0, 0.1) is 17.8 Å². The molecule has 0 saturated carbocycles. The molecule has 3 heterocycles. The zero-order valence-electron chi connectivity index (χ0n) is 21.3. The highest BCUT2D eigenvalue weighted by atomic mass is 16.5.